The predicted molar refractivity (Wildman–Crippen MR) is 75.0 cm³/mol. The molecule has 0 aliphatic heterocycles. The molecule has 1 aromatic rings. The van der Waals surface area contributed by atoms with Crippen molar-refractivity contribution in [2.75, 3.05) is 6.54 Å². The van der Waals surface area contributed by atoms with Crippen LogP contribution < -0.4 is 5.32 Å². The number of hydrogen-bond donors (Lipinski definition) is 1. The standard InChI is InChI=1S/C13H20BrNS/c1-2-7-15-13(10-5-3-4-6-10)11-8-12(14)16-9-11/h8-10,13,15H,2-7H2,1H3. The van der Waals surface area contributed by atoms with Crippen LogP contribution in [0.4, 0.5) is 0 Å². The zero-order chi connectivity index (χ0) is 11.4. The third-order valence-corrected chi connectivity index (χ3v) is 4.96. The molecule has 0 bridgehead atoms. The normalized spacial score (nSPS) is 19.1. The Kier molecular flexibility index (Phi) is 4.86. The molecule has 1 nitrogen and oxygen atoms in total. The number of rotatable bonds is 5. The van der Waals surface area contributed by atoms with Crippen LogP contribution in [0, 0.1) is 5.92 Å². The molecule has 1 saturated carbocycles. The highest BCUT2D eigenvalue weighted by Gasteiger charge is 2.26. The van der Waals surface area contributed by atoms with Crippen LogP contribution in [0.25, 0.3) is 0 Å². The first-order valence-corrected chi connectivity index (χ1v) is 7.96. The van der Waals surface area contributed by atoms with Crippen LogP contribution in [0.15, 0.2) is 15.2 Å². The van der Waals surface area contributed by atoms with E-state index in [1.165, 1.54) is 41.5 Å². The highest BCUT2D eigenvalue weighted by atomic mass is 79.9. The van der Waals surface area contributed by atoms with Crippen LogP contribution in [0.3, 0.4) is 0 Å². The monoisotopic (exact) mass is 301 g/mol. The first-order valence-electron chi connectivity index (χ1n) is 6.28. The lowest BCUT2D eigenvalue weighted by Gasteiger charge is -2.24. The van der Waals surface area contributed by atoms with Crippen LogP contribution in [0.5, 0.6) is 0 Å². The van der Waals surface area contributed by atoms with Gasteiger partial charge in [0.05, 0.1) is 3.79 Å². The van der Waals surface area contributed by atoms with Gasteiger partial charge in [-0.15, -0.1) is 11.3 Å². The second-order valence-electron chi connectivity index (χ2n) is 4.66. The van der Waals surface area contributed by atoms with E-state index >= 15 is 0 Å². The summed E-state index contributed by atoms with van der Waals surface area (Å²) in [5.41, 5.74) is 1.48. The summed E-state index contributed by atoms with van der Waals surface area (Å²) >= 11 is 5.37. The lowest BCUT2D eigenvalue weighted by atomic mass is 9.93. The summed E-state index contributed by atoms with van der Waals surface area (Å²) in [6.45, 7) is 3.37. The van der Waals surface area contributed by atoms with Crippen molar-refractivity contribution in [1.29, 1.82) is 0 Å². The summed E-state index contributed by atoms with van der Waals surface area (Å²) < 4.78 is 1.25. The van der Waals surface area contributed by atoms with Gasteiger partial charge in [-0.25, -0.2) is 0 Å². The van der Waals surface area contributed by atoms with E-state index < -0.39 is 0 Å². The maximum absolute atomic E-state index is 3.73. The number of nitrogens with one attached hydrogen (secondary N) is 1. The quantitative estimate of drug-likeness (QED) is 0.828. The lowest BCUT2D eigenvalue weighted by molar-refractivity contribution is 0.369. The molecule has 1 heterocycles. The summed E-state index contributed by atoms with van der Waals surface area (Å²) in [7, 11) is 0. The van der Waals surface area contributed by atoms with Crippen molar-refractivity contribution in [2.24, 2.45) is 5.92 Å². The van der Waals surface area contributed by atoms with Crippen LogP contribution in [-0.4, -0.2) is 6.54 Å². The van der Waals surface area contributed by atoms with E-state index in [9.17, 15) is 0 Å². The second kappa shape index (κ2) is 6.18. The summed E-state index contributed by atoms with van der Waals surface area (Å²) in [6, 6.07) is 2.88. The average Bonchev–Trinajstić information content (AvgIpc) is 2.91. The van der Waals surface area contributed by atoms with Crippen molar-refractivity contribution in [1.82, 2.24) is 5.32 Å². The van der Waals surface area contributed by atoms with E-state index in [-0.39, 0.29) is 0 Å². The van der Waals surface area contributed by atoms with Gasteiger partial charge in [0.15, 0.2) is 0 Å². The lowest BCUT2D eigenvalue weighted by Crippen LogP contribution is -2.27. The Morgan fingerprint density at radius 1 is 1.50 bits per heavy atom. The predicted octanol–water partition coefficient (Wildman–Crippen LogP) is 4.74. The Hall–Kier alpha value is 0.140. The Bertz CT molecular complexity index is 317. The molecule has 16 heavy (non-hydrogen) atoms. The van der Waals surface area contributed by atoms with Gasteiger partial charge in [-0.2, -0.15) is 0 Å². The van der Waals surface area contributed by atoms with Crippen molar-refractivity contribution >= 4 is 27.3 Å². The van der Waals surface area contributed by atoms with Gasteiger partial charge in [0.25, 0.3) is 0 Å². The topological polar surface area (TPSA) is 12.0 Å². The molecule has 0 radical (unpaired) electrons. The maximum atomic E-state index is 3.73. The van der Waals surface area contributed by atoms with Crippen molar-refractivity contribution < 1.29 is 0 Å². The first-order chi connectivity index (χ1) is 7.81. The van der Waals surface area contributed by atoms with Crippen LogP contribution in [0.1, 0.15) is 50.6 Å². The molecule has 1 aliphatic rings. The molecule has 1 atom stereocenters. The van der Waals surface area contributed by atoms with E-state index in [2.05, 4.69) is 39.6 Å². The molecule has 0 aromatic carbocycles. The van der Waals surface area contributed by atoms with Crippen molar-refractivity contribution in [3.8, 4) is 0 Å². The molecule has 0 spiro atoms. The Morgan fingerprint density at radius 3 is 2.81 bits per heavy atom. The fourth-order valence-electron chi connectivity index (χ4n) is 2.63. The zero-order valence-corrected chi connectivity index (χ0v) is 12.2. The molecule has 0 saturated heterocycles. The van der Waals surface area contributed by atoms with E-state index in [1.807, 2.05) is 0 Å². The van der Waals surface area contributed by atoms with Crippen LogP contribution in [0.2, 0.25) is 0 Å². The Balaban J connectivity index is 2.06. The summed E-state index contributed by atoms with van der Waals surface area (Å²) in [4.78, 5) is 0. The van der Waals surface area contributed by atoms with Crippen molar-refractivity contribution in [2.45, 2.75) is 45.1 Å². The van der Waals surface area contributed by atoms with Gasteiger partial charge in [0.2, 0.25) is 0 Å². The smallest absolute Gasteiger partial charge is 0.0701 e. The molecule has 3 heteroatoms. The van der Waals surface area contributed by atoms with Gasteiger partial charge in [-0.3, -0.25) is 0 Å². The molecule has 2 rings (SSSR count). The molecule has 1 unspecified atom stereocenters. The van der Waals surface area contributed by atoms with E-state index in [4.69, 9.17) is 0 Å². The van der Waals surface area contributed by atoms with Crippen molar-refractivity contribution in [3.63, 3.8) is 0 Å². The van der Waals surface area contributed by atoms with Gasteiger partial charge in [-0.1, -0.05) is 19.8 Å². The highest BCUT2D eigenvalue weighted by molar-refractivity contribution is 9.11. The van der Waals surface area contributed by atoms with E-state index in [0.717, 1.165) is 12.5 Å². The number of hydrogen-bond acceptors (Lipinski definition) is 2. The molecule has 1 fully saturated rings. The van der Waals surface area contributed by atoms with E-state index in [0.29, 0.717) is 6.04 Å². The van der Waals surface area contributed by atoms with Gasteiger partial charge in [0, 0.05) is 6.04 Å². The fourth-order valence-corrected chi connectivity index (χ4v) is 3.85. The summed E-state index contributed by atoms with van der Waals surface area (Å²) in [5, 5.41) is 6.03. The minimum atomic E-state index is 0.588. The van der Waals surface area contributed by atoms with Crippen LogP contribution in [-0.2, 0) is 0 Å². The summed E-state index contributed by atoms with van der Waals surface area (Å²) in [6.07, 6.45) is 6.85. The van der Waals surface area contributed by atoms with Gasteiger partial charge < -0.3 is 5.32 Å². The molecule has 90 valence electrons. The number of thiophene rings is 1. The zero-order valence-electron chi connectivity index (χ0n) is 9.84. The average molecular weight is 302 g/mol. The Labute approximate surface area is 111 Å². The molecule has 1 aliphatic carbocycles. The largest absolute Gasteiger partial charge is 0.310 e. The van der Waals surface area contributed by atoms with Gasteiger partial charge in [-0.05, 0) is 64.7 Å². The third-order valence-electron chi connectivity index (χ3n) is 3.43. The molecular weight excluding hydrogens is 282 g/mol. The van der Waals surface area contributed by atoms with Crippen LogP contribution >= 0.6 is 27.3 Å². The Morgan fingerprint density at radius 2 is 2.25 bits per heavy atom. The minimum Gasteiger partial charge on any atom is -0.310 e. The molecule has 0 amide bonds. The summed E-state index contributed by atoms with van der Waals surface area (Å²) in [5.74, 6) is 0.855. The molecular formula is C13H20BrNS. The SMILES string of the molecule is CCCNC(c1csc(Br)c1)C1CCCC1. The third kappa shape index (κ3) is 3.08. The first kappa shape index (κ1) is 12.6. The van der Waals surface area contributed by atoms with Gasteiger partial charge >= 0.3 is 0 Å². The van der Waals surface area contributed by atoms with Gasteiger partial charge in [0.1, 0.15) is 0 Å². The van der Waals surface area contributed by atoms with E-state index in [1.54, 1.807) is 11.3 Å². The minimum absolute atomic E-state index is 0.588. The van der Waals surface area contributed by atoms with Crippen molar-refractivity contribution in [3.05, 3.63) is 20.8 Å². The maximum Gasteiger partial charge on any atom is 0.0701 e. The fraction of sp³-hybridized carbons (Fsp3) is 0.692. The second-order valence-corrected chi connectivity index (χ2v) is 6.95. The number of halogens is 1. The molecule has 1 aromatic heterocycles. The highest BCUT2D eigenvalue weighted by Crippen LogP contribution is 2.37. The molecule has 1 N–H and O–H groups in total.